The SMILES string of the molecule is NC(=O)CCN(C(=O)COC(=O)c1ccc(Cl)cc1[N+](=O)[O-])c1ccc(F)cc1. The van der Waals surface area contributed by atoms with Crippen LogP contribution in [0.2, 0.25) is 5.02 Å². The van der Waals surface area contributed by atoms with E-state index in [4.69, 9.17) is 22.1 Å². The van der Waals surface area contributed by atoms with Gasteiger partial charge in [-0.25, -0.2) is 9.18 Å². The molecule has 0 radical (unpaired) electrons. The van der Waals surface area contributed by atoms with Crippen LogP contribution in [0.25, 0.3) is 0 Å². The molecule has 2 amide bonds. The maximum Gasteiger partial charge on any atom is 0.345 e. The third kappa shape index (κ3) is 5.98. The Morgan fingerprint density at radius 3 is 2.41 bits per heavy atom. The number of amides is 2. The average molecular weight is 424 g/mol. The van der Waals surface area contributed by atoms with Gasteiger partial charge in [0.1, 0.15) is 11.4 Å². The summed E-state index contributed by atoms with van der Waals surface area (Å²) >= 11 is 5.69. The second-order valence-electron chi connectivity index (χ2n) is 5.73. The van der Waals surface area contributed by atoms with E-state index in [9.17, 15) is 28.9 Å². The van der Waals surface area contributed by atoms with Crippen molar-refractivity contribution in [2.75, 3.05) is 18.1 Å². The van der Waals surface area contributed by atoms with E-state index in [1.807, 2.05) is 0 Å². The van der Waals surface area contributed by atoms with Crippen molar-refractivity contribution in [1.82, 2.24) is 0 Å². The highest BCUT2D eigenvalue weighted by molar-refractivity contribution is 6.31. The fourth-order valence-electron chi connectivity index (χ4n) is 2.35. The standard InChI is InChI=1S/C18H15ClFN3O6/c19-11-1-6-14(15(9-11)23(27)28)18(26)29-10-17(25)22(8-7-16(21)24)13-4-2-12(20)3-5-13/h1-6,9H,7-8,10H2,(H2,21,24). The first kappa shape index (κ1) is 21.8. The minimum absolute atomic E-state index is 0.0539. The normalized spacial score (nSPS) is 10.3. The molecule has 2 aromatic rings. The number of nitro benzene ring substituents is 1. The summed E-state index contributed by atoms with van der Waals surface area (Å²) in [5.41, 5.74) is 4.41. The highest BCUT2D eigenvalue weighted by Crippen LogP contribution is 2.24. The number of nitrogens with two attached hydrogens (primary N) is 1. The van der Waals surface area contributed by atoms with Gasteiger partial charge in [-0.05, 0) is 36.4 Å². The summed E-state index contributed by atoms with van der Waals surface area (Å²) in [6.45, 7) is -0.896. The summed E-state index contributed by atoms with van der Waals surface area (Å²) in [5.74, 6) is -3.03. The predicted octanol–water partition coefficient (Wildman–Crippen LogP) is 2.45. The lowest BCUT2D eigenvalue weighted by molar-refractivity contribution is -0.385. The van der Waals surface area contributed by atoms with Crippen LogP contribution in [0.15, 0.2) is 42.5 Å². The zero-order valence-corrected chi connectivity index (χ0v) is 15.6. The molecule has 2 rings (SSSR count). The monoisotopic (exact) mass is 423 g/mol. The summed E-state index contributed by atoms with van der Waals surface area (Å²) in [5, 5.41) is 11.1. The van der Waals surface area contributed by atoms with Gasteiger partial charge in [-0.1, -0.05) is 11.6 Å². The third-order valence-corrected chi connectivity index (χ3v) is 3.96. The van der Waals surface area contributed by atoms with E-state index in [1.165, 1.54) is 18.2 Å². The molecule has 0 unspecified atom stereocenters. The number of benzene rings is 2. The van der Waals surface area contributed by atoms with Gasteiger partial charge in [0, 0.05) is 29.7 Å². The number of rotatable bonds is 8. The number of hydrogen-bond donors (Lipinski definition) is 1. The van der Waals surface area contributed by atoms with Gasteiger partial charge >= 0.3 is 5.97 Å². The predicted molar refractivity (Wildman–Crippen MR) is 101 cm³/mol. The zero-order chi connectivity index (χ0) is 21.6. The van der Waals surface area contributed by atoms with Crippen LogP contribution >= 0.6 is 11.6 Å². The molecule has 2 N–H and O–H groups in total. The highest BCUT2D eigenvalue weighted by Gasteiger charge is 2.24. The summed E-state index contributed by atoms with van der Waals surface area (Å²) in [6, 6.07) is 8.20. The number of primary amides is 1. The molecule has 152 valence electrons. The number of ether oxygens (including phenoxy) is 1. The fraction of sp³-hybridized carbons (Fsp3) is 0.167. The molecule has 0 fully saturated rings. The number of esters is 1. The molecule has 0 atom stereocenters. The fourth-order valence-corrected chi connectivity index (χ4v) is 2.52. The summed E-state index contributed by atoms with van der Waals surface area (Å²) in [6.07, 6.45) is -0.181. The maximum atomic E-state index is 13.1. The number of nitro groups is 1. The van der Waals surface area contributed by atoms with Crippen molar-refractivity contribution in [1.29, 1.82) is 0 Å². The van der Waals surface area contributed by atoms with Gasteiger partial charge in [0.15, 0.2) is 6.61 Å². The van der Waals surface area contributed by atoms with E-state index in [2.05, 4.69) is 0 Å². The van der Waals surface area contributed by atoms with Gasteiger partial charge in [0.25, 0.3) is 11.6 Å². The van der Waals surface area contributed by atoms with Crippen molar-refractivity contribution in [3.05, 3.63) is 69.0 Å². The molecule has 11 heteroatoms. The Bertz CT molecular complexity index is 951. The molecule has 0 aliphatic rings. The number of hydrogen-bond acceptors (Lipinski definition) is 6. The van der Waals surface area contributed by atoms with Crippen molar-refractivity contribution >= 4 is 40.8 Å². The van der Waals surface area contributed by atoms with E-state index in [0.29, 0.717) is 0 Å². The van der Waals surface area contributed by atoms with Crippen molar-refractivity contribution in [3.8, 4) is 0 Å². The lowest BCUT2D eigenvalue weighted by atomic mass is 10.2. The van der Waals surface area contributed by atoms with Gasteiger partial charge in [-0.2, -0.15) is 0 Å². The van der Waals surface area contributed by atoms with Crippen LogP contribution in [0.4, 0.5) is 15.8 Å². The van der Waals surface area contributed by atoms with Gasteiger partial charge in [-0.15, -0.1) is 0 Å². The Balaban J connectivity index is 2.15. The molecule has 0 aliphatic heterocycles. The molecule has 29 heavy (non-hydrogen) atoms. The molecule has 0 aliphatic carbocycles. The van der Waals surface area contributed by atoms with Crippen molar-refractivity contribution in [2.45, 2.75) is 6.42 Å². The van der Waals surface area contributed by atoms with E-state index >= 15 is 0 Å². The highest BCUT2D eigenvalue weighted by atomic mass is 35.5. The van der Waals surface area contributed by atoms with Crippen LogP contribution in [0, 0.1) is 15.9 Å². The first-order valence-electron chi connectivity index (χ1n) is 8.14. The Morgan fingerprint density at radius 2 is 1.83 bits per heavy atom. The van der Waals surface area contributed by atoms with Crippen LogP contribution < -0.4 is 10.6 Å². The Hall–Kier alpha value is -3.53. The number of nitrogens with zero attached hydrogens (tertiary/aromatic N) is 2. The van der Waals surface area contributed by atoms with Gasteiger partial charge in [0.05, 0.1) is 4.92 Å². The topological polar surface area (TPSA) is 133 Å². The van der Waals surface area contributed by atoms with Crippen LogP contribution in [-0.2, 0) is 14.3 Å². The van der Waals surface area contributed by atoms with Crippen LogP contribution in [0.3, 0.4) is 0 Å². The van der Waals surface area contributed by atoms with E-state index in [0.717, 1.165) is 29.2 Å². The Labute approximate surface area is 168 Å². The summed E-state index contributed by atoms with van der Waals surface area (Å²) < 4.78 is 18.0. The molecule has 9 nitrogen and oxygen atoms in total. The molecule has 0 spiro atoms. The molecule has 0 aromatic heterocycles. The average Bonchev–Trinajstić information content (AvgIpc) is 2.67. The smallest absolute Gasteiger partial charge is 0.345 e. The Morgan fingerprint density at radius 1 is 1.17 bits per heavy atom. The number of carbonyl (C=O) groups excluding carboxylic acids is 3. The lowest BCUT2D eigenvalue weighted by Gasteiger charge is -2.22. The molecule has 0 saturated carbocycles. The number of carbonyl (C=O) groups is 3. The molecular formula is C18H15ClFN3O6. The number of anilines is 1. The third-order valence-electron chi connectivity index (χ3n) is 3.72. The van der Waals surface area contributed by atoms with Crippen LogP contribution in [0.5, 0.6) is 0 Å². The second kappa shape index (κ2) is 9.60. The first-order chi connectivity index (χ1) is 13.7. The first-order valence-corrected chi connectivity index (χ1v) is 8.52. The maximum absolute atomic E-state index is 13.1. The quantitative estimate of drug-likeness (QED) is 0.394. The van der Waals surface area contributed by atoms with Gasteiger partial charge < -0.3 is 15.4 Å². The molecule has 0 saturated heterocycles. The zero-order valence-electron chi connectivity index (χ0n) is 14.8. The van der Waals surface area contributed by atoms with Crippen molar-refractivity contribution in [2.24, 2.45) is 5.73 Å². The van der Waals surface area contributed by atoms with Gasteiger partial charge in [-0.3, -0.25) is 19.7 Å². The van der Waals surface area contributed by atoms with Crippen LogP contribution in [0.1, 0.15) is 16.8 Å². The van der Waals surface area contributed by atoms with E-state index < -0.39 is 40.8 Å². The summed E-state index contributed by atoms with van der Waals surface area (Å²) in [4.78, 5) is 47.1. The number of halogens is 2. The molecular weight excluding hydrogens is 409 g/mol. The van der Waals surface area contributed by atoms with Crippen LogP contribution in [-0.4, -0.2) is 35.9 Å². The van der Waals surface area contributed by atoms with Crippen molar-refractivity contribution < 1.29 is 28.4 Å². The van der Waals surface area contributed by atoms with E-state index in [1.54, 1.807) is 0 Å². The Kier molecular flexibility index (Phi) is 7.21. The second-order valence-corrected chi connectivity index (χ2v) is 6.17. The minimum Gasteiger partial charge on any atom is -0.452 e. The van der Waals surface area contributed by atoms with Gasteiger partial charge in [0.2, 0.25) is 5.91 Å². The lowest BCUT2D eigenvalue weighted by Crippen LogP contribution is -2.37. The molecule has 0 bridgehead atoms. The largest absolute Gasteiger partial charge is 0.452 e. The van der Waals surface area contributed by atoms with E-state index in [-0.39, 0.29) is 29.2 Å². The van der Waals surface area contributed by atoms with Crippen molar-refractivity contribution in [3.63, 3.8) is 0 Å². The molecule has 2 aromatic carbocycles. The summed E-state index contributed by atoms with van der Waals surface area (Å²) in [7, 11) is 0. The minimum atomic E-state index is -1.10. The molecule has 0 heterocycles.